The van der Waals surface area contributed by atoms with Crippen molar-refractivity contribution in [3.05, 3.63) is 22.4 Å². The van der Waals surface area contributed by atoms with Crippen LogP contribution < -0.4 is 11.1 Å². The molecule has 15 heavy (non-hydrogen) atoms. The van der Waals surface area contributed by atoms with Crippen LogP contribution in [0.4, 0.5) is 0 Å². The van der Waals surface area contributed by atoms with E-state index in [-0.39, 0.29) is 18.0 Å². The van der Waals surface area contributed by atoms with E-state index >= 15 is 0 Å². The van der Waals surface area contributed by atoms with Gasteiger partial charge in [-0.2, -0.15) is 0 Å². The van der Waals surface area contributed by atoms with Crippen molar-refractivity contribution in [1.82, 2.24) is 5.32 Å². The van der Waals surface area contributed by atoms with Crippen molar-refractivity contribution in [2.75, 3.05) is 0 Å². The zero-order valence-electron chi connectivity index (χ0n) is 9.19. The number of nitrogens with two attached hydrogens (primary N) is 1. The quantitative estimate of drug-likeness (QED) is 0.807. The predicted molar refractivity (Wildman–Crippen MR) is 63.8 cm³/mol. The monoisotopic (exact) mass is 226 g/mol. The predicted octanol–water partition coefficient (Wildman–Crippen LogP) is 2.05. The lowest BCUT2D eigenvalue weighted by Crippen LogP contribution is -2.27. The summed E-state index contributed by atoms with van der Waals surface area (Å²) in [6, 6.07) is 4.21. The van der Waals surface area contributed by atoms with Crippen LogP contribution in [0.1, 0.15) is 37.6 Å². The highest BCUT2D eigenvalue weighted by Gasteiger charge is 2.10. The first-order valence-electron chi connectivity index (χ1n) is 5.18. The molecule has 0 bridgehead atoms. The van der Waals surface area contributed by atoms with Crippen LogP contribution in [-0.2, 0) is 4.79 Å². The maximum atomic E-state index is 11.5. The van der Waals surface area contributed by atoms with E-state index < -0.39 is 0 Å². The fraction of sp³-hybridized carbons (Fsp3) is 0.545. The molecule has 2 unspecified atom stereocenters. The van der Waals surface area contributed by atoms with Gasteiger partial charge in [0, 0.05) is 17.3 Å². The zero-order valence-corrected chi connectivity index (χ0v) is 10.0. The van der Waals surface area contributed by atoms with Crippen LogP contribution in [0.2, 0.25) is 0 Å². The van der Waals surface area contributed by atoms with Gasteiger partial charge >= 0.3 is 0 Å². The van der Waals surface area contributed by atoms with Crippen molar-refractivity contribution < 1.29 is 4.79 Å². The first kappa shape index (κ1) is 12.2. The average Bonchev–Trinajstić information content (AvgIpc) is 2.67. The van der Waals surface area contributed by atoms with Gasteiger partial charge in [0.05, 0.1) is 6.04 Å². The van der Waals surface area contributed by atoms with Crippen molar-refractivity contribution in [3.8, 4) is 0 Å². The molecular weight excluding hydrogens is 208 g/mol. The Morgan fingerprint density at radius 2 is 2.33 bits per heavy atom. The van der Waals surface area contributed by atoms with E-state index in [0.717, 1.165) is 6.42 Å². The van der Waals surface area contributed by atoms with Crippen LogP contribution in [0.15, 0.2) is 17.5 Å². The molecule has 0 radical (unpaired) electrons. The van der Waals surface area contributed by atoms with Gasteiger partial charge in [-0.3, -0.25) is 4.79 Å². The largest absolute Gasteiger partial charge is 0.349 e. The molecule has 0 saturated heterocycles. The van der Waals surface area contributed by atoms with Crippen molar-refractivity contribution in [2.24, 2.45) is 5.73 Å². The second-order valence-corrected chi connectivity index (χ2v) is 4.80. The summed E-state index contributed by atoms with van der Waals surface area (Å²) in [5, 5.41) is 4.97. The highest BCUT2D eigenvalue weighted by atomic mass is 32.1. The summed E-state index contributed by atoms with van der Waals surface area (Å²) in [6.07, 6.45) is 1.25. The van der Waals surface area contributed by atoms with Gasteiger partial charge in [-0.1, -0.05) is 6.07 Å². The van der Waals surface area contributed by atoms with E-state index in [4.69, 9.17) is 5.73 Å². The smallest absolute Gasteiger partial charge is 0.220 e. The molecule has 1 amide bonds. The van der Waals surface area contributed by atoms with E-state index in [1.807, 2.05) is 31.4 Å². The van der Waals surface area contributed by atoms with Crippen LogP contribution in [0, 0.1) is 0 Å². The Balaban J connectivity index is 2.32. The number of hydrogen-bond acceptors (Lipinski definition) is 3. The normalized spacial score (nSPS) is 14.6. The summed E-state index contributed by atoms with van der Waals surface area (Å²) in [6.45, 7) is 3.91. The molecule has 0 saturated carbocycles. The lowest BCUT2D eigenvalue weighted by molar-refractivity contribution is -0.121. The third-order valence-electron chi connectivity index (χ3n) is 2.17. The van der Waals surface area contributed by atoms with Gasteiger partial charge in [-0.25, -0.2) is 0 Å². The minimum absolute atomic E-state index is 0.0770. The molecule has 2 atom stereocenters. The highest BCUT2D eigenvalue weighted by Crippen LogP contribution is 2.18. The van der Waals surface area contributed by atoms with E-state index in [2.05, 4.69) is 5.32 Å². The summed E-state index contributed by atoms with van der Waals surface area (Å²) < 4.78 is 0. The number of carbonyl (C=O) groups excluding carboxylic acids is 1. The van der Waals surface area contributed by atoms with Crippen LogP contribution in [0.3, 0.4) is 0 Å². The fourth-order valence-corrected chi connectivity index (χ4v) is 2.02. The molecule has 0 fully saturated rings. The molecule has 3 nitrogen and oxygen atoms in total. The van der Waals surface area contributed by atoms with Crippen LogP contribution >= 0.6 is 11.3 Å². The van der Waals surface area contributed by atoms with Gasteiger partial charge < -0.3 is 11.1 Å². The van der Waals surface area contributed by atoms with Gasteiger partial charge in [-0.15, -0.1) is 11.3 Å². The molecule has 1 aromatic rings. The molecule has 4 heteroatoms. The van der Waals surface area contributed by atoms with Crippen LogP contribution in [0.25, 0.3) is 0 Å². The molecule has 3 N–H and O–H groups in total. The van der Waals surface area contributed by atoms with E-state index in [9.17, 15) is 4.79 Å². The van der Waals surface area contributed by atoms with Gasteiger partial charge in [-0.05, 0) is 31.7 Å². The summed E-state index contributed by atoms with van der Waals surface area (Å²) in [5.41, 5.74) is 5.59. The summed E-state index contributed by atoms with van der Waals surface area (Å²) in [5.74, 6) is 0.0770. The maximum absolute atomic E-state index is 11.5. The molecule has 84 valence electrons. The Bertz CT molecular complexity index is 296. The number of hydrogen-bond donors (Lipinski definition) is 2. The molecule has 1 heterocycles. The zero-order chi connectivity index (χ0) is 11.3. The highest BCUT2D eigenvalue weighted by molar-refractivity contribution is 7.10. The van der Waals surface area contributed by atoms with E-state index in [1.165, 1.54) is 4.88 Å². The molecule has 0 aromatic carbocycles. The van der Waals surface area contributed by atoms with Crippen molar-refractivity contribution in [1.29, 1.82) is 0 Å². The molecule has 0 aliphatic rings. The van der Waals surface area contributed by atoms with E-state index in [0.29, 0.717) is 6.42 Å². The van der Waals surface area contributed by atoms with Gasteiger partial charge in [0.1, 0.15) is 0 Å². The number of nitrogens with one attached hydrogen (secondary N) is 1. The minimum Gasteiger partial charge on any atom is -0.349 e. The molecular formula is C11H18N2OS. The third-order valence-corrected chi connectivity index (χ3v) is 3.23. The first-order valence-corrected chi connectivity index (χ1v) is 6.06. The van der Waals surface area contributed by atoms with Crippen molar-refractivity contribution in [3.63, 3.8) is 0 Å². The second-order valence-electron chi connectivity index (χ2n) is 3.82. The van der Waals surface area contributed by atoms with Gasteiger partial charge in [0.15, 0.2) is 0 Å². The summed E-state index contributed by atoms with van der Waals surface area (Å²) in [7, 11) is 0. The molecule has 1 aromatic heterocycles. The Kier molecular flexibility index (Phi) is 4.78. The standard InChI is InChI=1S/C11H18N2OS/c1-8(12)5-6-11(14)13-9(2)10-4-3-7-15-10/h3-4,7-9H,5-6,12H2,1-2H3,(H,13,14). The minimum atomic E-state index is 0.0770. The first-order chi connectivity index (χ1) is 7.09. The Morgan fingerprint density at radius 3 is 2.87 bits per heavy atom. The topological polar surface area (TPSA) is 55.1 Å². The number of thiophene rings is 1. The van der Waals surface area contributed by atoms with Crippen LogP contribution in [-0.4, -0.2) is 11.9 Å². The molecule has 1 rings (SSSR count). The third kappa shape index (κ3) is 4.44. The average molecular weight is 226 g/mol. The van der Waals surface area contributed by atoms with Crippen LogP contribution in [0.5, 0.6) is 0 Å². The van der Waals surface area contributed by atoms with Crippen molar-refractivity contribution in [2.45, 2.75) is 38.8 Å². The maximum Gasteiger partial charge on any atom is 0.220 e. The molecule has 0 aliphatic heterocycles. The Hall–Kier alpha value is -0.870. The second kappa shape index (κ2) is 5.88. The number of rotatable bonds is 5. The Labute approximate surface area is 94.7 Å². The van der Waals surface area contributed by atoms with Gasteiger partial charge in [0.2, 0.25) is 5.91 Å². The number of amides is 1. The number of carbonyl (C=O) groups is 1. The summed E-state index contributed by atoms with van der Waals surface area (Å²) >= 11 is 1.66. The SMILES string of the molecule is CC(N)CCC(=O)NC(C)c1cccs1. The van der Waals surface area contributed by atoms with Gasteiger partial charge in [0.25, 0.3) is 0 Å². The molecule has 0 spiro atoms. The fourth-order valence-electron chi connectivity index (χ4n) is 1.28. The lowest BCUT2D eigenvalue weighted by atomic mass is 10.2. The Morgan fingerprint density at radius 1 is 1.60 bits per heavy atom. The summed E-state index contributed by atoms with van der Waals surface area (Å²) in [4.78, 5) is 12.7. The molecule has 0 aliphatic carbocycles. The van der Waals surface area contributed by atoms with E-state index in [1.54, 1.807) is 11.3 Å². The van der Waals surface area contributed by atoms with Crippen molar-refractivity contribution >= 4 is 17.2 Å². The lowest BCUT2D eigenvalue weighted by Gasteiger charge is -2.12.